The maximum absolute atomic E-state index is 11.9. The molecule has 0 amide bonds. The Morgan fingerprint density at radius 3 is 2.73 bits per heavy atom. The van der Waals surface area contributed by atoms with E-state index in [9.17, 15) is 9.90 Å². The van der Waals surface area contributed by atoms with E-state index in [-0.39, 0.29) is 28.1 Å². The van der Waals surface area contributed by atoms with E-state index >= 15 is 0 Å². The van der Waals surface area contributed by atoms with Gasteiger partial charge < -0.3 is 5.11 Å². The summed E-state index contributed by atoms with van der Waals surface area (Å²) >= 11 is 6.75. The van der Waals surface area contributed by atoms with Gasteiger partial charge in [0.2, 0.25) is 0 Å². The molecule has 3 heteroatoms. The molecule has 0 spiro atoms. The van der Waals surface area contributed by atoms with Crippen molar-refractivity contribution in [3.63, 3.8) is 0 Å². The number of alkyl halides is 1. The van der Waals surface area contributed by atoms with Crippen molar-refractivity contribution in [1.82, 2.24) is 0 Å². The van der Waals surface area contributed by atoms with Gasteiger partial charge >= 0.3 is 0 Å². The van der Waals surface area contributed by atoms with Gasteiger partial charge in [-0.2, -0.15) is 0 Å². The van der Waals surface area contributed by atoms with Gasteiger partial charge in [0, 0.05) is 6.42 Å². The molecule has 5 unspecified atom stereocenters. The molecule has 0 heterocycles. The van der Waals surface area contributed by atoms with Gasteiger partial charge in [0.25, 0.3) is 0 Å². The van der Waals surface area contributed by atoms with Gasteiger partial charge in [0.15, 0.2) is 5.78 Å². The normalized spacial score (nSPS) is 54.3. The summed E-state index contributed by atoms with van der Waals surface area (Å²) in [5.74, 6) is 2.13. The Balaban J connectivity index is 1.73. The number of carbonyl (C=O) groups excluding carboxylic acids is 1. The van der Waals surface area contributed by atoms with Crippen LogP contribution in [0.3, 0.4) is 0 Å². The van der Waals surface area contributed by atoms with Crippen LogP contribution in [-0.4, -0.2) is 22.4 Å². The fourth-order valence-electron chi connectivity index (χ4n) is 6.53. The van der Waals surface area contributed by atoms with Crippen LogP contribution < -0.4 is 0 Å². The lowest BCUT2D eigenvalue weighted by Gasteiger charge is -2.58. The average Bonchev–Trinajstić information content (AvgIpc) is 2.77. The van der Waals surface area contributed by atoms with Crippen molar-refractivity contribution in [1.29, 1.82) is 0 Å². The molecule has 0 aromatic heterocycles. The number of aliphatic hydroxyl groups is 1. The summed E-state index contributed by atoms with van der Waals surface area (Å²) in [4.78, 5) is 11.9. The van der Waals surface area contributed by atoms with E-state index in [1.807, 2.05) is 6.08 Å². The van der Waals surface area contributed by atoms with Crippen LogP contribution in [0.15, 0.2) is 11.6 Å². The number of allylic oxidation sites excluding steroid dienone is 1. The van der Waals surface area contributed by atoms with E-state index < -0.39 is 0 Å². The molecule has 22 heavy (non-hydrogen) atoms. The molecule has 0 saturated heterocycles. The highest BCUT2D eigenvalue weighted by Crippen LogP contribution is 2.65. The van der Waals surface area contributed by atoms with Crippen LogP contribution in [0.5, 0.6) is 0 Å². The number of halogens is 1. The minimum atomic E-state index is -0.134. The number of fused-ring (bicyclic) bond motifs is 5. The first-order valence-corrected chi connectivity index (χ1v) is 9.37. The lowest BCUT2D eigenvalue weighted by atomic mass is 9.47. The van der Waals surface area contributed by atoms with Crippen molar-refractivity contribution in [3.05, 3.63) is 11.6 Å². The lowest BCUT2D eigenvalue weighted by Crippen LogP contribution is -2.53. The highest BCUT2D eigenvalue weighted by atomic mass is 35.5. The molecular weight excluding hydrogens is 296 g/mol. The average molecular weight is 323 g/mol. The van der Waals surface area contributed by atoms with Crippen LogP contribution in [0.4, 0.5) is 0 Å². The quantitative estimate of drug-likeness (QED) is 0.682. The molecule has 3 fully saturated rings. The van der Waals surface area contributed by atoms with Crippen molar-refractivity contribution < 1.29 is 9.90 Å². The maximum atomic E-state index is 11.9. The third-order valence-corrected chi connectivity index (χ3v) is 8.30. The first kappa shape index (κ1) is 15.2. The standard InChI is InChI=1S/C19H27ClO2/c1-18-7-5-11(21)9-15(18)16(20)10-12-13-3-4-17(22)19(13,2)8-6-14(12)18/h9,12-14,16-17,22H,3-8,10H2,1-2H3/t12?,13?,14?,16?,17?,18-,19+/m1/s1. The zero-order chi connectivity index (χ0) is 15.7. The molecule has 0 radical (unpaired) electrons. The fourth-order valence-corrected chi connectivity index (χ4v) is 7.05. The van der Waals surface area contributed by atoms with Crippen LogP contribution in [0.1, 0.15) is 58.8 Å². The number of hydrogen-bond acceptors (Lipinski definition) is 2. The highest BCUT2D eigenvalue weighted by Gasteiger charge is 2.60. The number of aliphatic hydroxyl groups excluding tert-OH is 1. The second-order valence-electron chi connectivity index (χ2n) is 8.70. The maximum Gasteiger partial charge on any atom is 0.155 e. The van der Waals surface area contributed by atoms with E-state index in [0.29, 0.717) is 24.2 Å². The van der Waals surface area contributed by atoms with E-state index in [0.717, 1.165) is 32.1 Å². The third kappa shape index (κ3) is 1.86. The SMILES string of the molecule is C[C@]12CCC3C(CC(Cl)C4=CC(=O)CC[C@@]43C)C1CCC2O. The first-order valence-electron chi connectivity index (χ1n) is 8.93. The predicted molar refractivity (Wildman–Crippen MR) is 87.7 cm³/mol. The first-order chi connectivity index (χ1) is 10.4. The zero-order valence-corrected chi connectivity index (χ0v) is 14.4. The summed E-state index contributed by atoms with van der Waals surface area (Å²) in [6, 6.07) is 0. The molecule has 0 aromatic carbocycles. The third-order valence-electron chi connectivity index (χ3n) is 7.89. The van der Waals surface area contributed by atoms with Crippen LogP contribution in [-0.2, 0) is 4.79 Å². The van der Waals surface area contributed by atoms with Crippen LogP contribution >= 0.6 is 11.6 Å². The summed E-state index contributed by atoms with van der Waals surface area (Å²) in [6.07, 6.45) is 8.79. The number of carbonyl (C=O) groups is 1. The molecular formula is C19H27ClO2. The summed E-state index contributed by atoms with van der Waals surface area (Å²) < 4.78 is 0. The largest absolute Gasteiger partial charge is 0.393 e. The summed E-state index contributed by atoms with van der Waals surface area (Å²) in [6.45, 7) is 4.65. The molecule has 4 aliphatic carbocycles. The minimum absolute atomic E-state index is 0.00981. The summed E-state index contributed by atoms with van der Waals surface area (Å²) in [5.41, 5.74) is 1.42. The van der Waals surface area contributed by atoms with E-state index in [1.165, 1.54) is 12.0 Å². The Labute approximate surface area is 138 Å². The van der Waals surface area contributed by atoms with E-state index in [2.05, 4.69) is 13.8 Å². The molecule has 4 rings (SSSR count). The molecule has 1 N–H and O–H groups in total. The second kappa shape index (κ2) is 4.83. The monoisotopic (exact) mass is 322 g/mol. The van der Waals surface area contributed by atoms with E-state index in [1.54, 1.807) is 0 Å². The number of ketones is 1. The van der Waals surface area contributed by atoms with Gasteiger partial charge in [-0.25, -0.2) is 0 Å². The molecule has 3 saturated carbocycles. The minimum Gasteiger partial charge on any atom is -0.393 e. The Kier molecular flexibility index (Phi) is 3.34. The molecule has 7 atom stereocenters. The molecule has 4 aliphatic rings. The molecule has 122 valence electrons. The van der Waals surface area contributed by atoms with E-state index in [4.69, 9.17) is 11.6 Å². The topological polar surface area (TPSA) is 37.3 Å². The van der Waals surface area contributed by atoms with Crippen LogP contribution in [0.25, 0.3) is 0 Å². The summed E-state index contributed by atoms with van der Waals surface area (Å²) in [5, 5.41) is 10.5. The van der Waals surface area contributed by atoms with Gasteiger partial charge in [-0.15, -0.1) is 11.6 Å². The number of hydrogen-bond donors (Lipinski definition) is 1. The molecule has 0 aromatic rings. The Morgan fingerprint density at radius 1 is 1.18 bits per heavy atom. The summed E-state index contributed by atoms with van der Waals surface area (Å²) in [7, 11) is 0. The fraction of sp³-hybridized carbons (Fsp3) is 0.842. The molecule has 2 nitrogen and oxygen atoms in total. The zero-order valence-electron chi connectivity index (χ0n) is 13.6. The van der Waals surface area contributed by atoms with Gasteiger partial charge in [0.05, 0.1) is 11.5 Å². The van der Waals surface area contributed by atoms with Crippen molar-refractivity contribution in [2.24, 2.45) is 28.6 Å². The van der Waals surface area contributed by atoms with Gasteiger partial charge in [0.1, 0.15) is 0 Å². The van der Waals surface area contributed by atoms with Crippen molar-refractivity contribution in [3.8, 4) is 0 Å². The smallest absolute Gasteiger partial charge is 0.155 e. The van der Waals surface area contributed by atoms with Crippen molar-refractivity contribution in [2.75, 3.05) is 0 Å². The molecule has 0 aliphatic heterocycles. The van der Waals surface area contributed by atoms with Gasteiger partial charge in [-0.05, 0) is 78.8 Å². The molecule has 0 bridgehead atoms. The van der Waals surface area contributed by atoms with Crippen molar-refractivity contribution >= 4 is 17.4 Å². The Hall–Kier alpha value is -0.340. The lowest BCUT2D eigenvalue weighted by molar-refractivity contribution is -0.117. The Bertz CT molecular complexity index is 542. The Morgan fingerprint density at radius 2 is 1.95 bits per heavy atom. The number of rotatable bonds is 0. The highest BCUT2D eigenvalue weighted by molar-refractivity contribution is 6.23. The predicted octanol–water partition coefficient (Wildman–Crippen LogP) is 4.10. The van der Waals surface area contributed by atoms with Crippen LogP contribution in [0.2, 0.25) is 0 Å². The van der Waals surface area contributed by atoms with Gasteiger partial charge in [-0.3, -0.25) is 4.79 Å². The van der Waals surface area contributed by atoms with Crippen molar-refractivity contribution in [2.45, 2.75) is 70.3 Å². The van der Waals surface area contributed by atoms with Gasteiger partial charge in [-0.1, -0.05) is 13.8 Å². The van der Waals surface area contributed by atoms with Crippen LogP contribution in [0, 0.1) is 28.6 Å². The second-order valence-corrected chi connectivity index (χ2v) is 9.23.